The van der Waals surface area contributed by atoms with Crippen molar-refractivity contribution >= 4 is 51.3 Å². The van der Waals surface area contributed by atoms with E-state index in [2.05, 4.69) is 26.5 Å². The number of nitrogens with zero attached hydrogens (tertiary/aromatic N) is 1. The molecular weight excluding hydrogens is 491 g/mol. The van der Waals surface area contributed by atoms with Crippen molar-refractivity contribution in [3.8, 4) is 11.5 Å². The maximum atomic E-state index is 12.2. The van der Waals surface area contributed by atoms with Crippen LogP contribution in [0.3, 0.4) is 0 Å². The Labute approximate surface area is 192 Å². The summed E-state index contributed by atoms with van der Waals surface area (Å²) >= 11 is 15.2. The van der Waals surface area contributed by atoms with Gasteiger partial charge < -0.3 is 9.47 Å². The lowest BCUT2D eigenvalue weighted by Crippen LogP contribution is -2.17. The zero-order chi connectivity index (χ0) is 21.5. The molecule has 0 atom stereocenters. The average Bonchev–Trinajstić information content (AvgIpc) is 2.75. The average molecular weight is 508 g/mol. The van der Waals surface area contributed by atoms with Gasteiger partial charge in [0.1, 0.15) is 6.61 Å². The predicted molar refractivity (Wildman–Crippen MR) is 123 cm³/mol. The Bertz CT molecular complexity index is 1070. The molecule has 3 aromatic rings. The van der Waals surface area contributed by atoms with Gasteiger partial charge >= 0.3 is 0 Å². The molecule has 154 valence electrons. The van der Waals surface area contributed by atoms with Gasteiger partial charge in [-0.3, -0.25) is 4.79 Å². The Hall–Kier alpha value is -2.54. The SMILES string of the molecule is COc1ccc(/C=N\NC(=O)c2ccc(Cl)c(Cl)c2)cc1OCc1ccc(Br)cc1. The van der Waals surface area contributed by atoms with Gasteiger partial charge in [0.25, 0.3) is 5.91 Å². The van der Waals surface area contributed by atoms with Gasteiger partial charge in [-0.25, -0.2) is 5.43 Å². The Morgan fingerprint density at radius 2 is 1.80 bits per heavy atom. The summed E-state index contributed by atoms with van der Waals surface area (Å²) < 4.78 is 12.3. The van der Waals surface area contributed by atoms with E-state index < -0.39 is 5.91 Å². The van der Waals surface area contributed by atoms with Crippen LogP contribution in [0.4, 0.5) is 0 Å². The minimum absolute atomic E-state index is 0.302. The summed E-state index contributed by atoms with van der Waals surface area (Å²) in [7, 11) is 1.58. The number of benzene rings is 3. The van der Waals surface area contributed by atoms with Crippen molar-refractivity contribution in [2.24, 2.45) is 5.10 Å². The van der Waals surface area contributed by atoms with Gasteiger partial charge in [0.05, 0.1) is 23.4 Å². The topological polar surface area (TPSA) is 59.9 Å². The summed E-state index contributed by atoms with van der Waals surface area (Å²) in [5, 5.41) is 4.67. The molecule has 0 saturated carbocycles. The number of rotatable bonds is 7. The van der Waals surface area contributed by atoms with E-state index in [-0.39, 0.29) is 0 Å². The van der Waals surface area contributed by atoms with E-state index in [0.717, 1.165) is 15.6 Å². The molecule has 0 spiro atoms. The van der Waals surface area contributed by atoms with Gasteiger partial charge in [-0.1, -0.05) is 51.3 Å². The van der Waals surface area contributed by atoms with Gasteiger partial charge in [0.2, 0.25) is 0 Å². The van der Waals surface area contributed by atoms with Crippen LogP contribution in [0.25, 0.3) is 0 Å². The summed E-state index contributed by atoms with van der Waals surface area (Å²) in [6, 6.07) is 17.8. The fourth-order valence-electron chi connectivity index (χ4n) is 2.50. The van der Waals surface area contributed by atoms with Crippen molar-refractivity contribution < 1.29 is 14.3 Å². The molecule has 8 heteroatoms. The molecule has 0 heterocycles. The summed E-state index contributed by atoms with van der Waals surface area (Å²) in [6.07, 6.45) is 1.52. The number of amides is 1. The van der Waals surface area contributed by atoms with Crippen LogP contribution in [-0.4, -0.2) is 19.2 Å². The molecule has 0 aromatic heterocycles. The number of halogens is 3. The molecule has 0 bridgehead atoms. The van der Waals surface area contributed by atoms with E-state index in [4.69, 9.17) is 32.7 Å². The van der Waals surface area contributed by atoms with Crippen LogP contribution in [0, 0.1) is 0 Å². The van der Waals surface area contributed by atoms with Crippen molar-refractivity contribution in [1.82, 2.24) is 5.43 Å². The van der Waals surface area contributed by atoms with Gasteiger partial charge in [-0.2, -0.15) is 5.10 Å². The van der Waals surface area contributed by atoms with Crippen molar-refractivity contribution in [3.05, 3.63) is 91.9 Å². The second kappa shape index (κ2) is 10.5. The molecule has 0 fully saturated rings. The molecule has 1 N–H and O–H groups in total. The highest BCUT2D eigenvalue weighted by Gasteiger charge is 2.08. The molecule has 0 aliphatic rings. The fourth-order valence-corrected chi connectivity index (χ4v) is 3.06. The Kier molecular flexibility index (Phi) is 7.74. The number of methoxy groups -OCH3 is 1. The zero-order valence-corrected chi connectivity index (χ0v) is 19.0. The van der Waals surface area contributed by atoms with Gasteiger partial charge in [-0.15, -0.1) is 0 Å². The summed E-state index contributed by atoms with van der Waals surface area (Å²) in [4.78, 5) is 12.2. The quantitative estimate of drug-likeness (QED) is 0.310. The van der Waals surface area contributed by atoms with E-state index in [9.17, 15) is 4.79 Å². The standard InChI is InChI=1S/C22H17BrCl2N2O3/c1-29-20-9-4-15(10-21(20)30-13-14-2-6-17(23)7-3-14)12-26-27-22(28)16-5-8-18(24)19(25)11-16/h2-12H,13H2,1H3,(H,27,28)/b26-12-. The van der Waals surface area contributed by atoms with Crippen molar-refractivity contribution in [3.63, 3.8) is 0 Å². The monoisotopic (exact) mass is 506 g/mol. The second-order valence-corrected chi connectivity index (χ2v) is 7.88. The lowest BCUT2D eigenvalue weighted by molar-refractivity contribution is 0.0955. The maximum Gasteiger partial charge on any atom is 0.271 e. The number of hydrogen-bond acceptors (Lipinski definition) is 4. The van der Waals surface area contributed by atoms with Gasteiger partial charge in [0, 0.05) is 10.0 Å². The lowest BCUT2D eigenvalue weighted by Gasteiger charge is -2.11. The minimum Gasteiger partial charge on any atom is -0.493 e. The maximum absolute atomic E-state index is 12.2. The Morgan fingerprint density at radius 3 is 2.50 bits per heavy atom. The molecule has 0 aliphatic heterocycles. The van der Waals surface area contributed by atoms with E-state index in [1.54, 1.807) is 37.4 Å². The predicted octanol–water partition coefficient (Wildman–Crippen LogP) is 6.11. The number of ether oxygens (including phenoxy) is 2. The summed E-state index contributed by atoms with van der Waals surface area (Å²) in [6.45, 7) is 0.387. The summed E-state index contributed by atoms with van der Waals surface area (Å²) in [5.41, 5.74) is 4.57. The molecule has 0 aliphatic carbocycles. The molecule has 5 nitrogen and oxygen atoms in total. The first kappa shape index (κ1) is 22.2. The smallest absolute Gasteiger partial charge is 0.271 e. The van der Waals surface area contributed by atoms with Crippen molar-refractivity contribution in [1.29, 1.82) is 0 Å². The Balaban J connectivity index is 1.66. The van der Waals surface area contributed by atoms with Crippen LogP contribution in [0.1, 0.15) is 21.5 Å². The molecular formula is C22H17BrCl2N2O3. The van der Waals surface area contributed by atoms with Crippen molar-refractivity contribution in [2.45, 2.75) is 6.61 Å². The first-order valence-electron chi connectivity index (χ1n) is 8.80. The number of nitrogens with one attached hydrogen (secondary N) is 1. The second-order valence-electron chi connectivity index (χ2n) is 6.15. The normalized spacial score (nSPS) is 10.8. The van der Waals surface area contributed by atoms with Crippen LogP contribution in [0.2, 0.25) is 10.0 Å². The minimum atomic E-state index is -0.398. The zero-order valence-electron chi connectivity index (χ0n) is 15.9. The Morgan fingerprint density at radius 1 is 1.03 bits per heavy atom. The van der Waals surface area contributed by atoms with Crippen LogP contribution in [0.5, 0.6) is 11.5 Å². The van der Waals surface area contributed by atoms with Crippen LogP contribution < -0.4 is 14.9 Å². The van der Waals surface area contributed by atoms with Crippen LogP contribution >= 0.6 is 39.1 Å². The number of hydrogen-bond donors (Lipinski definition) is 1. The van der Waals surface area contributed by atoms with E-state index in [0.29, 0.717) is 33.7 Å². The molecule has 30 heavy (non-hydrogen) atoms. The highest BCUT2D eigenvalue weighted by atomic mass is 79.9. The van der Waals surface area contributed by atoms with E-state index >= 15 is 0 Å². The van der Waals surface area contributed by atoms with Gasteiger partial charge in [-0.05, 0) is 59.7 Å². The van der Waals surface area contributed by atoms with Crippen LogP contribution in [0.15, 0.2) is 70.2 Å². The molecule has 0 saturated heterocycles. The van der Waals surface area contributed by atoms with Crippen molar-refractivity contribution in [2.75, 3.05) is 7.11 Å². The number of hydrazone groups is 1. The van der Waals surface area contributed by atoms with Gasteiger partial charge in [0.15, 0.2) is 11.5 Å². The molecule has 1 amide bonds. The molecule has 3 aromatic carbocycles. The third-order valence-electron chi connectivity index (χ3n) is 4.06. The number of carbonyl (C=O) groups excluding carboxylic acids is 1. The number of carbonyl (C=O) groups is 1. The summed E-state index contributed by atoms with van der Waals surface area (Å²) in [5.74, 6) is 0.773. The third-order valence-corrected chi connectivity index (χ3v) is 5.32. The first-order valence-corrected chi connectivity index (χ1v) is 10.3. The molecule has 0 unspecified atom stereocenters. The highest BCUT2D eigenvalue weighted by Crippen LogP contribution is 2.28. The molecule has 3 rings (SSSR count). The van der Waals surface area contributed by atoms with E-state index in [1.165, 1.54) is 12.3 Å². The largest absolute Gasteiger partial charge is 0.493 e. The van der Waals surface area contributed by atoms with E-state index in [1.807, 2.05) is 24.3 Å². The molecule has 0 radical (unpaired) electrons. The first-order chi connectivity index (χ1) is 14.5. The fraction of sp³-hybridized carbons (Fsp3) is 0.0909. The highest BCUT2D eigenvalue weighted by molar-refractivity contribution is 9.10. The third kappa shape index (κ3) is 5.98. The van der Waals surface area contributed by atoms with Crippen LogP contribution in [-0.2, 0) is 6.61 Å². The lowest BCUT2D eigenvalue weighted by atomic mass is 10.2.